The molecule has 0 bridgehead atoms. The zero-order valence-electron chi connectivity index (χ0n) is 15.4. The monoisotopic (exact) mass is 334 g/mol. The smallest absolute Gasteiger partial charge is 0.0488 e. The largest absolute Gasteiger partial charge is 0.0940 e. The molecule has 136 valence electrons. The molecule has 6 nitrogen and oxygen atoms in total. The molecule has 6 heteroatoms. The van der Waals surface area contributed by atoms with E-state index < -0.39 is 0 Å². The highest BCUT2D eigenvalue weighted by molar-refractivity contribution is 4.93. The van der Waals surface area contributed by atoms with Crippen molar-refractivity contribution in [1.29, 1.82) is 0 Å². The first-order chi connectivity index (χ1) is 11.8. The van der Waals surface area contributed by atoms with Crippen LogP contribution in [0.3, 0.4) is 0 Å². The zero-order chi connectivity index (χ0) is 17.5. The number of nitrogens with zero attached hydrogens (tertiary/aromatic N) is 6. The van der Waals surface area contributed by atoms with Gasteiger partial charge in [-0.1, -0.05) is 74.9 Å². The van der Waals surface area contributed by atoms with Crippen molar-refractivity contribution in [3.8, 4) is 0 Å². The van der Waals surface area contributed by atoms with Crippen LogP contribution in [0.1, 0.15) is 96.8 Å². The normalized spacial score (nSPS) is 17.0. The Morgan fingerprint density at radius 1 is 0.917 bits per heavy atom. The second-order valence-corrected chi connectivity index (χ2v) is 7.33. The third-order valence-corrected chi connectivity index (χ3v) is 5.46. The molecule has 0 aliphatic heterocycles. The molecule has 1 fully saturated rings. The van der Waals surface area contributed by atoms with E-state index >= 15 is 0 Å². The number of hydrogen-bond acceptors (Lipinski definition) is 2. The summed E-state index contributed by atoms with van der Waals surface area (Å²) in [4.78, 5) is 5.95. The Balaban J connectivity index is 2.42. The van der Waals surface area contributed by atoms with E-state index in [1.165, 1.54) is 57.8 Å². The molecule has 1 aliphatic carbocycles. The van der Waals surface area contributed by atoms with Crippen LogP contribution >= 0.6 is 0 Å². The molecule has 1 saturated carbocycles. The molecule has 0 radical (unpaired) electrons. The molecule has 0 aromatic rings. The van der Waals surface area contributed by atoms with Crippen LogP contribution in [0.25, 0.3) is 20.9 Å². The lowest BCUT2D eigenvalue weighted by atomic mass is 9.84. The predicted molar refractivity (Wildman–Crippen MR) is 99.7 cm³/mol. The van der Waals surface area contributed by atoms with Crippen LogP contribution in [0, 0.1) is 5.92 Å². The van der Waals surface area contributed by atoms with Gasteiger partial charge in [0.25, 0.3) is 0 Å². The van der Waals surface area contributed by atoms with Crippen LogP contribution in [-0.2, 0) is 0 Å². The van der Waals surface area contributed by atoms with Gasteiger partial charge >= 0.3 is 0 Å². The van der Waals surface area contributed by atoms with Crippen LogP contribution in [0.15, 0.2) is 10.2 Å². The molecule has 1 unspecified atom stereocenters. The topological polar surface area (TPSA) is 97.5 Å². The molecule has 0 N–H and O–H groups in total. The molecule has 24 heavy (non-hydrogen) atoms. The molecular weight excluding hydrogens is 300 g/mol. The lowest BCUT2D eigenvalue weighted by molar-refractivity contribution is 0.312. The molecule has 0 aromatic carbocycles. The lowest BCUT2D eigenvalue weighted by Gasteiger charge is -2.26. The number of unbranched alkanes of at least 4 members (excludes halogenated alkanes) is 4. The quantitative estimate of drug-likeness (QED) is 0.136. The lowest BCUT2D eigenvalue weighted by Crippen LogP contribution is -2.22. The van der Waals surface area contributed by atoms with E-state index in [4.69, 9.17) is 11.1 Å². The Morgan fingerprint density at radius 3 is 2.25 bits per heavy atom. The predicted octanol–water partition coefficient (Wildman–Crippen LogP) is 7.46. The summed E-state index contributed by atoms with van der Waals surface area (Å²) in [5.41, 5.74) is 17.1. The van der Waals surface area contributed by atoms with E-state index in [0.717, 1.165) is 38.0 Å². The zero-order valence-corrected chi connectivity index (χ0v) is 15.4. The first-order valence-electron chi connectivity index (χ1n) is 9.83. The van der Waals surface area contributed by atoms with Crippen molar-refractivity contribution in [2.75, 3.05) is 6.54 Å². The Hall–Kier alpha value is -1.38. The minimum atomic E-state index is -0.0957. The van der Waals surface area contributed by atoms with Gasteiger partial charge in [0.2, 0.25) is 0 Å². The van der Waals surface area contributed by atoms with E-state index in [-0.39, 0.29) is 5.54 Å². The average molecular weight is 335 g/mol. The van der Waals surface area contributed by atoms with Crippen molar-refractivity contribution in [1.82, 2.24) is 0 Å². The van der Waals surface area contributed by atoms with Crippen molar-refractivity contribution in [3.63, 3.8) is 0 Å². The summed E-state index contributed by atoms with van der Waals surface area (Å²) in [5.74, 6) is 0.722. The third-order valence-electron chi connectivity index (χ3n) is 5.46. The third kappa shape index (κ3) is 8.47. The molecule has 0 saturated heterocycles. The molecule has 1 atom stereocenters. The summed E-state index contributed by atoms with van der Waals surface area (Å²) in [6.45, 7) is 2.86. The van der Waals surface area contributed by atoms with Crippen molar-refractivity contribution in [3.05, 3.63) is 20.9 Å². The van der Waals surface area contributed by atoms with Crippen LogP contribution in [0.5, 0.6) is 0 Å². The standard InChI is InChI=1S/C18H34N6/c1-2-3-4-5-10-17(11-6-9-16-21-23-19)12-15-18(22-24-20)13-7-8-14-18/h17H,2-16H2,1H3. The second-order valence-electron chi connectivity index (χ2n) is 7.33. The fourth-order valence-corrected chi connectivity index (χ4v) is 3.95. The van der Waals surface area contributed by atoms with Crippen molar-refractivity contribution in [2.45, 2.75) is 102 Å². The van der Waals surface area contributed by atoms with Gasteiger partial charge in [0.1, 0.15) is 0 Å². The molecule has 0 spiro atoms. The summed E-state index contributed by atoms with van der Waals surface area (Å²) >= 11 is 0. The molecular formula is C18H34N6. The second kappa shape index (κ2) is 13.0. The van der Waals surface area contributed by atoms with E-state index in [1.807, 2.05) is 0 Å². The number of hydrogen-bond donors (Lipinski definition) is 0. The first-order valence-corrected chi connectivity index (χ1v) is 9.83. The highest BCUT2D eigenvalue weighted by Crippen LogP contribution is 2.39. The maximum atomic E-state index is 8.90. The average Bonchev–Trinajstić information content (AvgIpc) is 3.04. The van der Waals surface area contributed by atoms with E-state index in [1.54, 1.807) is 0 Å². The van der Waals surface area contributed by atoms with Gasteiger partial charge in [-0.3, -0.25) is 0 Å². The van der Waals surface area contributed by atoms with Gasteiger partial charge in [0.15, 0.2) is 0 Å². The minimum absolute atomic E-state index is 0.0957. The van der Waals surface area contributed by atoms with Crippen LogP contribution in [0.2, 0.25) is 0 Å². The Bertz CT molecular complexity index is 417. The maximum absolute atomic E-state index is 8.90. The maximum Gasteiger partial charge on any atom is 0.0488 e. The van der Waals surface area contributed by atoms with Gasteiger partial charge < -0.3 is 0 Å². The molecule has 1 aliphatic rings. The van der Waals surface area contributed by atoms with Gasteiger partial charge in [-0.2, -0.15) is 0 Å². The van der Waals surface area contributed by atoms with Crippen LogP contribution in [-0.4, -0.2) is 12.1 Å². The van der Waals surface area contributed by atoms with E-state index in [2.05, 4.69) is 27.0 Å². The van der Waals surface area contributed by atoms with Gasteiger partial charge in [0, 0.05) is 21.9 Å². The summed E-state index contributed by atoms with van der Waals surface area (Å²) < 4.78 is 0. The first kappa shape index (κ1) is 20.7. The summed E-state index contributed by atoms with van der Waals surface area (Å²) in [5, 5.41) is 7.81. The van der Waals surface area contributed by atoms with Crippen molar-refractivity contribution < 1.29 is 0 Å². The van der Waals surface area contributed by atoms with Crippen molar-refractivity contribution >= 4 is 0 Å². The minimum Gasteiger partial charge on any atom is -0.0940 e. The summed E-state index contributed by atoms with van der Waals surface area (Å²) in [6.07, 6.45) is 16.6. The molecule has 1 rings (SSSR count). The number of azide groups is 2. The van der Waals surface area contributed by atoms with Gasteiger partial charge in [-0.05, 0) is 49.1 Å². The summed E-state index contributed by atoms with van der Waals surface area (Å²) in [6, 6.07) is 0. The Kier molecular flexibility index (Phi) is 11.2. The Labute approximate surface area is 146 Å². The van der Waals surface area contributed by atoms with Gasteiger partial charge in [-0.25, -0.2) is 0 Å². The van der Waals surface area contributed by atoms with E-state index in [0.29, 0.717) is 6.54 Å². The summed E-state index contributed by atoms with van der Waals surface area (Å²) in [7, 11) is 0. The fourth-order valence-electron chi connectivity index (χ4n) is 3.95. The van der Waals surface area contributed by atoms with E-state index in [9.17, 15) is 0 Å². The Morgan fingerprint density at radius 2 is 1.62 bits per heavy atom. The van der Waals surface area contributed by atoms with Crippen LogP contribution < -0.4 is 0 Å². The highest BCUT2D eigenvalue weighted by Gasteiger charge is 2.33. The highest BCUT2D eigenvalue weighted by atomic mass is 15.2. The number of rotatable bonds is 14. The van der Waals surface area contributed by atoms with Gasteiger partial charge in [0.05, 0.1) is 0 Å². The van der Waals surface area contributed by atoms with Crippen molar-refractivity contribution in [2.24, 2.45) is 16.1 Å². The van der Waals surface area contributed by atoms with Crippen LogP contribution in [0.4, 0.5) is 0 Å². The van der Waals surface area contributed by atoms with Gasteiger partial charge in [-0.15, -0.1) is 0 Å². The SMILES string of the molecule is CCCCCCC(CCCCN=[N+]=[N-])CCC1(N=[N+]=[N-])CCCC1. The molecule has 0 heterocycles. The fraction of sp³-hybridized carbons (Fsp3) is 1.00. The molecule has 0 amide bonds. The molecule has 0 aromatic heterocycles.